The van der Waals surface area contributed by atoms with E-state index < -0.39 is 12.0 Å². The fourth-order valence-electron chi connectivity index (χ4n) is 4.23. The largest absolute Gasteiger partial charge is 0.493 e. The minimum Gasteiger partial charge on any atom is -0.493 e. The molecule has 1 aliphatic rings. The molecule has 0 aliphatic carbocycles. The minimum atomic E-state index is -0.782. The van der Waals surface area contributed by atoms with Crippen LogP contribution >= 0.6 is 0 Å². The van der Waals surface area contributed by atoms with E-state index in [1.165, 1.54) is 0 Å². The smallest absolute Gasteiger partial charge is 0.320 e. The topological polar surface area (TPSA) is 68.2 Å². The van der Waals surface area contributed by atoms with Crippen molar-refractivity contribution in [3.05, 3.63) is 53.1 Å². The molecule has 1 N–H and O–H groups in total. The number of carbonyl (C=O) groups is 1. The van der Waals surface area contributed by atoms with Crippen LogP contribution in [0, 0.1) is 6.92 Å². The van der Waals surface area contributed by atoms with Crippen LogP contribution < -0.4 is 14.2 Å². The van der Waals surface area contributed by atoms with Crippen molar-refractivity contribution in [3.8, 4) is 17.2 Å². The third-order valence-electron chi connectivity index (χ3n) is 5.65. The lowest BCUT2D eigenvalue weighted by Crippen LogP contribution is -2.47. The number of hydrogen-bond donors (Lipinski definition) is 1. The summed E-state index contributed by atoms with van der Waals surface area (Å²) in [5, 5.41) is 9.89. The summed E-state index contributed by atoms with van der Waals surface area (Å²) in [5.41, 5.74) is 3.11. The second-order valence-corrected chi connectivity index (χ2v) is 7.31. The van der Waals surface area contributed by atoms with Crippen molar-refractivity contribution in [1.29, 1.82) is 0 Å². The van der Waals surface area contributed by atoms with Gasteiger partial charge in [-0.3, -0.25) is 9.69 Å². The summed E-state index contributed by atoms with van der Waals surface area (Å²) in [6.07, 6.45) is 2.53. The number of carboxylic acid groups (broad SMARTS) is 1. The second-order valence-electron chi connectivity index (χ2n) is 7.31. The quantitative estimate of drug-likeness (QED) is 0.758. The van der Waals surface area contributed by atoms with E-state index in [4.69, 9.17) is 14.2 Å². The van der Waals surface area contributed by atoms with Gasteiger partial charge >= 0.3 is 5.97 Å². The highest BCUT2D eigenvalue weighted by Crippen LogP contribution is 2.44. The number of aryl methyl sites for hydroxylation is 1. The van der Waals surface area contributed by atoms with Crippen molar-refractivity contribution in [2.45, 2.75) is 38.3 Å². The molecular weight excluding hydrogens is 370 g/mol. The van der Waals surface area contributed by atoms with E-state index in [1.54, 1.807) is 21.3 Å². The normalized spacial score (nSPS) is 18.1. The lowest BCUT2D eigenvalue weighted by atomic mass is 9.89. The molecule has 0 amide bonds. The standard InChI is InChI=1S/C23H29NO5/c1-15-9-5-6-10-17(15)21(24-12-8-7-11-18(24)23(25)26)16-13-19(27-2)22(29-4)20(14-16)28-3/h5-6,9-10,13-14,18,21H,7-8,11-12H2,1-4H3,(H,25,26). The molecule has 2 aromatic carbocycles. The molecule has 0 aromatic heterocycles. The maximum Gasteiger partial charge on any atom is 0.320 e. The summed E-state index contributed by atoms with van der Waals surface area (Å²) in [7, 11) is 4.75. The molecule has 1 aliphatic heterocycles. The summed E-state index contributed by atoms with van der Waals surface area (Å²) in [5.74, 6) is 0.861. The summed E-state index contributed by atoms with van der Waals surface area (Å²) in [6.45, 7) is 2.77. The van der Waals surface area contributed by atoms with Gasteiger partial charge in [0.1, 0.15) is 6.04 Å². The molecule has 1 fully saturated rings. The molecule has 29 heavy (non-hydrogen) atoms. The van der Waals surface area contributed by atoms with Gasteiger partial charge in [-0.1, -0.05) is 30.7 Å². The van der Waals surface area contributed by atoms with Crippen LogP contribution in [0.3, 0.4) is 0 Å². The van der Waals surface area contributed by atoms with Gasteiger partial charge in [-0.05, 0) is 55.1 Å². The number of nitrogens with zero attached hydrogens (tertiary/aromatic N) is 1. The van der Waals surface area contributed by atoms with Crippen LogP contribution in [0.1, 0.15) is 42.0 Å². The lowest BCUT2D eigenvalue weighted by Gasteiger charge is -2.40. The molecule has 6 nitrogen and oxygen atoms in total. The van der Waals surface area contributed by atoms with E-state index >= 15 is 0 Å². The minimum absolute atomic E-state index is 0.230. The Labute approximate surface area is 172 Å². The average Bonchev–Trinajstić information content (AvgIpc) is 2.74. The molecule has 1 saturated heterocycles. The Kier molecular flexibility index (Phi) is 6.64. The molecule has 0 spiro atoms. The summed E-state index contributed by atoms with van der Waals surface area (Å²) >= 11 is 0. The van der Waals surface area contributed by atoms with Gasteiger partial charge in [0.25, 0.3) is 0 Å². The van der Waals surface area contributed by atoms with Crippen LogP contribution in [-0.2, 0) is 4.79 Å². The zero-order chi connectivity index (χ0) is 21.0. The Morgan fingerprint density at radius 1 is 1.07 bits per heavy atom. The highest BCUT2D eigenvalue weighted by Gasteiger charge is 2.36. The molecule has 0 saturated carbocycles. The van der Waals surface area contributed by atoms with Gasteiger partial charge in [0, 0.05) is 0 Å². The summed E-state index contributed by atoms with van der Waals surface area (Å²) in [6, 6.07) is 11.2. The number of carboxylic acids is 1. The number of likely N-dealkylation sites (tertiary alicyclic amines) is 1. The molecule has 6 heteroatoms. The fourth-order valence-corrected chi connectivity index (χ4v) is 4.23. The van der Waals surface area contributed by atoms with Crippen LogP contribution in [0.25, 0.3) is 0 Å². The number of methoxy groups -OCH3 is 3. The Morgan fingerprint density at radius 3 is 2.28 bits per heavy atom. The summed E-state index contributed by atoms with van der Waals surface area (Å²) < 4.78 is 16.6. The Bertz CT molecular complexity index is 841. The van der Waals surface area contributed by atoms with Crippen LogP contribution in [-0.4, -0.2) is 49.9 Å². The Balaban J connectivity index is 2.21. The number of hydrogen-bond acceptors (Lipinski definition) is 5. The van der Waals surface area contributed by atoms with Crippen molar-refractivity contribution in [2.75, 3.05) is 27.9 Å². The highest BCUT2D eigenvalue weighted by molar-refractivity contribution is 5.74. The predicted molar refractivity (Wildman–Crippen MR) is 111 cm³/mol. The van der Waals surface area contributed by atoms with Gasteiger partial charge in [0.2, 0.25) is 5.75 Å². The van der Waals surface area contributed by atoms with Gasteiger partial charge in [-0.15, -0.1) is 0 Å². The first kappa shape index (κ1) is 21.0. The molecule has 2 aromatic rings. The monoisotopic (exact) mass is 399 g/mol. The van der Waals surface area contributed by atoms with Crippen molar-refractivity contribution in [2.24, 2.45) is 0 Å². The molecule has 2 unspecified atom stereocenters. The number of benzene rings is 2. The first-order valence-corrected chi connectivity index (χ1v) is 9.85. The van der Waals surface area contributed by atoms with Gasteiger partial charge in [-0.2, -0.15) is 0 Å². The highest BCUT2D eigenvalue weighted by atomic mass is 16.5. The third-order valence-corrected chi connectivity index (χ3v) is 5.65. The first-order valence-electron chi connectivity index (χ1n) is 9.85. The Hall–Kier alpha value is -2.73. The van der Waals surface area contributed by atoms with Crippen LogP contribution in [0.5, 0.6) is 17.2 Å². The van der Waals surface area contributed by atoms with E-state index in [0.717, 1.165) is 29.5 Å². The zero-order valence-corrected chi connectivity index (χ0v) is 17.5. The van der Waals surface area contributed by atoms with E-state index in [1.807, 2.05) is 24.3 Å². The molecule has 3 rings (SSSR count). The molecule has 156 valence electrons. The molecule has 1 heterocycles. The molecule has 0 radical (unpaired) electrons. The number of piperidine rings is 1. The maximum absolute atomic E-state index is 12.1. The van der Waals surface area contributed by atoms with Gasteiger partial charge < -0.3 is 19.3 Å². The third kappa shape index (κ3) is 4.17. The predicted octanol–water partition coefficient (Wildman–Crippen LogP) is 4.05. The maximum atomic E-state index is 12.1. The van der Waals surface area contributed by atoms with Crippen molar-refractivity contribution < 1.29 is 24.1 Å². The van der Waals surface area contributed by atoms with Gasteiger partial charge in [-0.25, -0.2) is 0 Å². The zero-order valence-electron chi connectivity index (χ0n) is 17.5. The number of aliphatic carboxylic acids is 1. The molecule has 2 atom stereocenters. The van der Waals surface area contributed by atoms with E-state index in [2.05, 4.69) is 24.0 Å². The molecular formula is C23H29NO5. The van der Waals surface area contributed by atoms with Crippen LogP contribution in [0.15, 0.2) is 36.4 Å². The van der Waals surface area contributed by atoms with E-state index in [0.29, 0.717) is 30.2 Å². The first-order chi connectivity index (χ1) is 14.0. The SMILES string of the molecule is COc1cc(C(c2ccccc2C)N2CCCCC2C(=O)O)cc(OC)c1OC. The fraction of sp³-hybridized carbons (Fsp3) is 0.435. The van der Waals surface area contributed by atoms with Crippen molar-refractivity contribution in [1.82, 2.24) is 4.90 Å². The van der Waals surface area contributed by atoms with E-state index in [-0.39, 0.29) is 6.04 Å². The lowest BCUT2D eigenvalue weighted by molar-refractivity contribution is -0.145. The van der Waals surface area contributed by atoms with Crippen LogP contribution in [0.2, 0.25) is 0 Å². The van der Waals surface area contributed by atoms with Gasteiger partial charge in [0.05, 0.1) is 27.4 Å². The average molecular weight is 399 g/mol. The van der Waals surface area contributed by atoms with Gasteiger partial charge in [0.15, 0.2) is 11.5 Å². The van der Waals surface area contributed by atoms with E-state index in [9.17, 15) is 9.90 Å². The number of rotatable bonds is 7. The molecule has 0 bridgehead atoms. The van der Waals surface area contributed by atoms with Crippen LogP contribution in [0.4, 0.5) is 0 Å². The second kappa shape index (κ2) is 9.18. The van der Waals surface area contributed by atoms with Crippen molar-refractivity contribution >= 4 is 5.97 Å². The Morgan fingerprint density at radius 2 is 1.72 bits per heavy atom. The number of ether oxygens (including phenoxy) is 3. The van der Waals surface area contributed by atoms with Crippen molar-refractivity contribution in [3.63, 3.8) is 0 Å². The summed E-state index contributed by atoms with van der Waals surface area (Å²) in [4.78, 5) is 14.1.